The molecule has 30 heavy (non-hydrogen) atoms. The number of hydrogen-bond acceptors (Lipinski definition) is 3. The predicted molar refractivity (Wildman–Crippen MR) is 116 cm³/mol. The Morgan fingerprint density at radius 1 is 1.07 bits per heavy atom. The van der Waals surface area contributed by atoms with Crippen molar-refractivity contribution in [3.63, 3.8) is 0 Å². The lowest BCUT2D eigenvalue weighted by molar-refractivity contribution is 0.132. The summed E-state index contributed by atoms with van der Waals surface area (Å²) >= 11 is 0. The number of nitrogens with zero attached hydrogens (tertiary/aromatic N) is 5. The molecule has 1 aliphatic rings. The molecule has 6 heteroatoms. The summed E-state index contributed by atoms with van der Waals surface area (Å²) in [6.07, 6.45) is 14.8. The van der Waals surface area contributed by atoms with Crippen molar-refractivity contribution in [1.29, 1.82) is 0 Å². The Labute approximate surface area is 178 Å². The molecule has 1 saturated carbocycles. The summed E-state index contributed by atoms with van der Waals surface area (Å²) in [7, 11) is 0. The van der Waals surface area contributed by atoms with Crippen LogP contribution < -0.4 is 0 Å². The highest BCUT2D eigenvalue weighted by molar-refractivity contribution is 5.14. The molecule has 3 atom stereocenters. The van der Waals surface area contributed by atoms with Crippen LogP contribution in [0.4, 0.5) is 4.39 Å². The number of halogens is 1. The number of aromatic nitrogens is 5. The maximum atomic E-state index is 15.5. The summed E-state index contributed by atoms with van der Waals surface area (Å²) in [5.74, 6) is 1.21. The Hall–Kier alpha value is -2.50. The lowest BCUT2D eigenvalue weighted by Gasteiger charge is -2.21. The van der Waals surface area contributed by atoms with Crippen LogP contribution in [0.15, 0.2) is 49.3 Å². The van der Waals surface area contributed by atoms with Gasteiger partial charge < -0.3 is 0 Å². The molecule has 0 saturated heterocycles. The van der Waals surface area contributed by atoms with E-state index < -0.39 is 5.67 Å². The third-order valence-corrected chi connectivity index (χ3v) is 6.42. The number of pyridine rings is 1. The van der Waals surface area contributed by atoms with Crippen molar-refractivity contribution in [2.75, 3.05) is 0 Å². The molecule has 0 N–H and O–H groups in total. The molecule has 160 valence electrons. The first kappa shape index (κ1) is 20.8. The maximum Gasteiger partial charge on any atom is 0.130 e. The number of alkyl halides is 1. The summed E-state index contributed by atoms with van der Waals surface area (Å²) in [4.78, 5) is 4.06. The summed E-state index contributed by atoms with van der Waals surface area (Å²) < 4.78 is 19.2. The Balaban J connectivity index is 1.31. The minimum Gasteiger partial charge on any atom is -0.269 e. The van der Waals surface area contributed by atoms with Gasteiger partial charge in [0.25, 0.3) is 0 Å². The van der Waals surface area contributed by atoms with Crippen LogP contribution in [0.25, 0.3) is 0 Å². The molecule has 3 heterocycles. The standard InChI is InChI=1S/C24H32FN5/c1-18(2)22-12-28-30(15-22)17-24(25)7-4-21(11-24)10-19(3)23-13-27-29(16-23)14-20-5-8-26-9-6-20/h5-6,8-9,12-13,15-16,18-19,21H,4,7,10-11,14,17H2,1-3H3. The topological polar surface area (TPSA) is 48.5 Å². The molecule has 0 aliphatic heterocycles. The van der Waals surface area contributed by atoms with E-state index in [9.17, 15) is 0 Å². The van der Waals surface area contributed by atoms with E-state index in [2.05, 4.69) is 42.1 Å². The van der Waals surface area contributed by atoms with Crippen molar-refractivity contribution in [3.05, 3.63) is 66.0 Å². The van der Waals surface area contributed by atoms with Crippen LogP contribution in [0.3, 0.4) is 0 Å². The lowest BCUT2D eigenvalue weighted by atomic mass is 9.90. The molecule has 5 nitrogen and oxygen atoms in total. The fourth-order valence-electron chi connectivity index (χ4n) is 4.62. The molecule has 3 unspecified atom stereocenters. The zero-order chi connectivity index (χ0) is 21.1. The highest BCUT2D eigenvalue weighted by Gasteiger charge is 2.40. The fourth-order valence-corrected chi connectivity index (χ4v) is 4.62. The molecule has 1 aliphatic carbocycles. The molecule has 4 rings (SSSR count). The maximum absolute atomic E-state index is 15.5. The fraction of sp³-hybridized carbons (Fsp3) is 0.542. The van der Waals surface area contributed by atoms with E-state index in [1.807, 2.05) is 35.4 Å². The van der Waals surface area contributed by atoms with Gasteiger partial charge in [0.2, 0.25) is 0 Å². The van der Waals surface area contributed by atoms with E-state index in [1.165, 1.54) is 16.7 Å². The van der Waals surface area contributed by atoms with Gasteiger partial charge in [0.15, 0.2) is 0 Å². The minimum absolute atomic E-state index is 0.370. The Morgan fingerprint density at radius 3 is 2.50 bits per heavy atom. The van der Waals surface area contributed by atoms with E-state index in [0.29, 0.717) is 37.1 Å². The van der Waals surface area contributed by atoms with Gasteiger partial charge >= 0.3 is 0 Å². The van der Waals surface area contributed by atoms with Crippen LogP contribution in [-0.4, -0.2) is 30.2 Å². The van der Waals surface area contributed by atoms with E-state index in [-0.39, 0.29) is 0 Å². The minimum atomic E-state index is -1.14. The summed E-state index contributed by atoms with van der Waals surface area (Å²) in [5.41, 5.74) is 2.44. The van der Waals surface area contributed by atoms with Crippen LogP contribution in [0.1, 0.15) is 75.0 Å². The molecule has 3 aromatic rings. The SMILES string of the molecule is CC(C)c1cnn(CC2(F)CCC(CC(C)c3cnn(Cc4ccncc4)c3)C2)c1. The van der Waals surface area contributed by atoms with Crippen molar-refractivity contribution >= 4 is 0 Å². The second-order valence-electron chi connectivity index (χ2n) is 9.35. The first-order valence-corrected chi connectivity index (χ1v) is 11.0. The van der Waals surface area contributed by atoms with E-state index >= 15 is 4.39 Å². The van der Waals surface area contributed by atoms with Gasteiger partial charge in [-0.05, 0) is 72.3 Å². The third kappa shape index (κ3) is 4.97. The quantitative estimate of drug-likeness (QED) is 0.504. The summed E-state index contributed by atoms with van der Waals surface area (Å²) in [5, 5.41) is 8.90. The number of hydrogen-bond donors (Lipinski definition) is 0. The first-order chi connectivity index (χ1) is 14.4. The van der Waals surface area contributed by atoms with Crippen LogP contribution in [0, 0.1) is 5.92 Å². The molecule has 3 aromatic heterocycles. The first-order valence-electron chi connectivity index (χ1n) is 11.0. The van der Waals surface area contributed by atoms with Crippen molar-refractivity contribution in [3.8, 4) is 0 Å². The van der Waals surface area contributed by atoms with Gasteiger partial charge in [0, 0.05) is 24.8 Å². The van der Waals surface area contributed by atoms with Gasteiger partial charge in [-0.15, -0.1) is 0 Å². The van der Waals surface area contributed by atoms with E-state index in [4.69, 9.17) is 0 Å². The second kappa shape index (κ2) is 8.70. The van der Waals surface area contributed by atoms with Gasteiger partial charge in [-0.1, -0.05) is 20.8 Å². The van der Waals surface area contributed by atoms with Crippen molar-refractivity contribution in [1.82, 2.24) is 24.5 Å². The Bertz CT molecular complexity index is 947. The van der Waals surface area contributed by atoms with Gasteiger partial charge in [0.05, 0.1) is 25.5 Å². The average Bonchev–Trinajstić information content (AvgIpc) is 3.44. The van der Waals surface area contributed by atoms with Gasteiger partial charge in [-0.2, -0.15) is 10.2 Å². The van der Waals surface area contributed by atoms with Crippen LogP contribution >= 0.6 is 0 Å². The Morgan fingerprint density at radius 2 is 1.77 bits per heavy atom. The molecule has 0 spiro atoms. The molecule has 0 bridgehead atoms. The zero-order valence-corrected chi connectivity index (χ0v) is 18.2. The van der Waals surface area contributed by atoms with Crippen molar-refractivity contribution < 1.29 is 4.39 Å². The highest BCUT2D eigenvalue weighted by Crippen LogP contribution is 2.43. The van der Waals surface area contributed by atoms with E-state index in [0.717, 1.165) is 19.4 Å². The number of rotatable bonds is 8. The monoisotopic (exact) mass is 409 g/mol. The van der Waals surface area contributed by atoms with Crippen molar-refractivity contribution in [2.45, 2.75) is 77.0 Å². The van der Waals surface area contributed by atoms with Gasteiger partial charge in [-0.25, -0.2) is 4.39 Å². The summed E-state index contributed by atoms with van der Waals surface area (Å²) in [6.45, 7) is 7.62. The van der Waals surface area contributed by atoms with E-state index in [1.54, 1.807) is 17.1 Å². The third-order valence-electron chi connectivity index (χ3n) is 6.42. The predicted octanol–water partition coefficient (Wildman–Crippen LogP) is 5.35. The molecular weight excluding hydrogens is 377 g/mol. The lowest BCUT2D eigenvalue weighted by Crippen LogP contribution is -2.26. The molecule has 0 radical (unpaired) electrons. The van der Waals surface area contributed by atoms with Gasteiger partial charge in [0.1, 0.15) is 5.67 Å². The second-order valence-corrected chi connectivity index (χ2v) is 9.35. The average molecular weight is 410 g/mol. The summed E-state index contributed by atoms with van der Waals surface area (Å²) in [6, 6.07) is 4.02. The Kier molecular flexibility index (Phi) is 6.02. The molecule has 0 aromatic carbocycles. The largest absolute Gasteiger partial charge is 0.269 e. The van der Waals surface area contributed by atoms with Crippen LogP contribution in [-0.2, 0) is 13.1 Å². The zero-order valence-electron chi connectivity index (χ0n) is 18.2. The molecule has 1 fully saturated rings. The molecule has 0 amide bonds. The normalized spacial score (nSPS) is 22.6. The van der Waals surface area contributed by atoms with Crippen LogP contribution in [0.5, 0.6) is 0 Å². The highest BCUT2D eigenvalue weighted by atomic mass is 19.1. The van der Waals surface area contributed by atoms with Gasteiger partial charge in [-0.3, -0.25) is 14.3 Å². The smallest absolute Gasteiger partial charge is 0.130 e. The van der Waals surface area contributed by atoms with Crippen LogP contribution in [0.2, 0.25) is 0 Å². The molecular formula is C24H32FN5. The van der Waals surface area contributed by atoms with Crippen molar-refractivity contribution in [2.24, 2.45) is 5.92 Å².